The van der Waals surface area contributed by atoms with Gasteiger partial charge in [-0.15, -0.1) is 0 Å². The summed E-state index contributed by atoms with van der Waals surface area (Å²) in [6.45, 7) is 2.37. The zero-order valence-corrected chi connectivity index (χ0v) is 18.0. The molecule has 0 saturated carbocycles. The highest BCUT2D eigenvalue weighted by molar-refractivity contribution is 7.92. The van der Waals surface area contributed by atoms with Crippen molar-refractivity contribution in [3.63, 3.8) is 0 Å². The molecular weight excluding hydrogens is 429 g/mol. The van der Waals surface area contributed by atoms with Gasteiger partial charge >= 0.3 is 0 Å². The summed E-state index contributed by atoms with van der Waals surface area (Å²) in [5.74, 6) is -0.359. The van der Waals surface area contributed by atoms with E-state index in [0.717, 1.165) is 6.42 Å². The second-order valence-electron chi connectivity index (χ2n) is 7.49. The molecule has 1 amide bonds. The molecule has 0 bridgehead atoms. The molecule has 30 heavy (non-hydrogen) atoms. The summed E-state index contributed by atoms with van der Waals surface area (Å²) in [7, 11) is -3.34. The van der Waals surface area contributed by atoms with Crippen molar-refractivity contribution in [1.82, 2.24) is 4.90 Å². The number of hydrogen-bond acceptors (Lipinski definition) is 4. The molecule has 4 rings (SSSR count). The van der Waals surface area contributed by atoms with Crippen molar-refractivity contribution in [3.05, 3.63) is 58.9 Å². The minimum Gasteiger partial charge on any atom is -0.366 e. The van der Waals surface area contributed by atoms with E-state index in [-0.39, 0.29) is 22.5 Å². The summed E-state index contributed by atoms with van der Waals surface area (Å²) in [5, 5.41) is 0.231. The summed E-state index contributed by atoms with van der Waals surface area (Å²) in [6, 6.07) is 11.4. The zero-order chi connectivity index (χ0) is 21.3. The number of carbonyl (C=O) groups excluding carboxylic acids is 1. The summed E-state index contributed by atoms with van der Waals surface area (Å²) >= 11 is 6.37. The van der Waals surface area contributed by atoms with Crippen LogP contribution in [0.2, 0.25) is 5.02 Å². The van der Waals surface area contributed by atoms with Crippen LogP contribution >= 0.6 is 11.6 Å². The molecule has 0 aromatic heterocycles. The lowest BCUT2D eigenvalue weighted by molar-refractivity contribution is 0.0747. The van der Waals surface area contributed by atoms with E-state index in [1.54, 1.807) is 41.3 Å². The second kappa shape index (κ2) is 8.43. The van der Waals surface area contributed by atoms with Gasteiger partial charge in [0.1, 0.15) is 5.82 Å². The first-order valence-corrected chi connectivity index (χ1v) is 11.9. The molecule has 0 spiro atoms. The Hall–Kier alpha value is -2.32. The van der Waals surface area contributed by atoms with Crippen LogP contribution < -0.4 is 9.21 Å². The molecule has 0 aliphatic carbocycles. The van der Waals surface area contributed by atoms with Gasteiger partial charge in [-0.1, -0.05) is 23.7 Å². The van der Waals surface area contributed by atoms with Crippen molar-refractivity contribution in [2.45, 2.75) is 12.8 Å². The Morgan fingerprint density at radius 1 is 0.967 bits per heavy atom. The Morgan fingerprint density at radius 3 is 2.37 bits per heavy atom. The van der Waals surface area contributed by atoms with E-state index in [4.69, 9.17) is 11.6 Å². The largest absolute Gasteiger partial charge is 0.366 e. The van der Waals surface area contributed by atoms with E-state index in [1.165, 1.54) is 10.4 Å². The quantitative estimate of drug-likeness (QED) is 0.717. The SMILES string of the molecule is O=C(c1ccc(N2CCCCS2(=O)=O)cc1Cl)N1CCN(c2ccccc2F)CC1. The summed E-state index contributed by atoms with van der Waals surface area (Å²) < 4.78 is 40.0. The van der Waals surface area contributed by atoms with Gasteiger partial charge in [-0.05, 0) is 43.2 Å². The Kier molecular flexibility index (Phi) is 5.88. The maximum absolute atomic E-state index is 14.0. The van der Waals surface area contributed by atoms with Crippen molar-refractivity contribution in [3.8, 4) is 0 Å². The van der Waals surface area contributed by atoms with Crippen LogP contribution in [0.15, 0.2) is 42.5 Å². The van der Waals surface area contributed by atoms with E-state index in [2.05, 4.69) is 0 Å². The number of amides is 1. The van der Waals surface area contributed by atoms with Crippen LogP contribution in [0.5, 0.6) is 0 Å². The molecule has 0 radical (unpaired) electrons. The molecule has 0 N–H and O–H groups in total. The number of hydrogen-bond donors (Lipinski definition) is 0. The van der Waals surface area contributed by atoms with E-state index < -0.39 is 10.0 Å². The molecule has 0 unspecified atom stereocenters. The van der Waals surface area contributed by atoms with E-state index >= 15 is 0 Å². The summed E-state index contributed by atoms with van der Waals surface area (Å²) in [4.78, 5) is 16.6. The number of para-hydroxylation sites is 1. The normalized spacial score (nSPS) is 19.1. The minimum atomic E-state index is -3.34. The smallest absolute Gasteiger partial charge is 0.255 e. The lowest BCUT2D eigenvalue weighted by Gasteiger charge is -2.36. The maximum atomic E-state index is 14.0. The van der Waals surface area contributed by atoms with Gasteiger partial charge in [0, 0.05) is 32.7 Å². The first-order valence-electron chi connectivity index (χ1n) is 9.95. The van der Waals surface area contributed by atoms with Crippen LogP contribution in [0.1, 0.15) is 23.2 Å². The van der Waals surface area contributed by atoms with Gasteiger partial charge in [-0.2, -0.15) is 0 Å². The van der Waals surface area contributed by atoms with Crippen LogP contribution in [0.25, 0.3) is 0 Å². The Balaban J connectivity index is 1.46. The summed E-state index contributed by atoms with van der Waals surface area (Å²) in [5.41, 5.74) is 1.37. The predicted octanol–water partition coefficient (Wildman–Crippen LogP) is 3.37. The van der Waals surface area contributed by atoms with Gasteiger partial charge in [0.15, 0.2) is 0 Å². The van der Waals surface area contributed by atoms with Crippen LogP contribution in [0.4, 0.5) is 15.8 Å². The number of piperazine rings is 1. The number of nitrogens with zero attached hydrogens (tertiary/aromatic N) is 3. The molecule has 2 aromatic rings. The number of carbonyl (C=O) groups is 1. The Bertz CT molecular complexity index is 1060. The predicted molar refractivity (Wildman–Crippen MR) is 116 cm³/mol. The van der Waals surface area contributed by atoms with E-state index in [0.29, 0.717) is 56.1 Å². The standard InChI is InChI=1S/C21H23ClFN3O3S/c22-18-15-16(26-9-3-4-14-30(26,28)29)7-8-17(18)21(27)25-12-10-24(11-13-25)20-6-2-1-5-19(20)23/h1-2,5-8,15H,3-4,9-14H2. The van der Waals surface area contributed by atoms with Crippen LogP contribution in [-0.4, -0.2) is 57.7 Å². The third-order valence-electron chi connectivity index (χ3n) is 5.58. The Morgan fingerprint density at radius 2 is 1.70 bits per heavy atom. The molecule has 2 aromatic carbocycles. The zero-order valence-electron chi connectivity index (χ0n) is 16.4. The first kappa shape index (κ1) is 20.9. The molecule has 2 aliphatic heterocycles. The third-order valence-corrected chi connectivity index (χ3v) is 7.76. The summed E-state index contributed by atoms with van der Waals surface area (Å²) in [6.07, 6.45) is 1.45. The fraction of sp³-hybridized carbons (Fsp3) is 0.381. The molecule has 0 atom stereocenters. The van der Waals surface area contributed by atoms with Crippen molar-refractivity contribution in [2.75, 3.05) is 47.7 Å². The topological polar surface area (TPSA) is 60.9 Å². The van der Waals surface area contributed by atoms with Crippen molar-refractivity contribution in [1.29, 1.82) is 0 Å². The number of anilines is 2. The average molecular weight is 452 g/mol. The van der Waals surface area contributed by atoms with Crippen LogP contribution in [0, 0.1) is 5.82 Å². The van der Waals surface area contributed by atoms with Gasteiger partial charge < -0.3 is 9.80 Å². The molecule has 2 fully saturated rings. The Labute approximate surface area is 180 Å². The molecule has 2 heterocycles. The minimum absolute atomic E-state index is 0.123. The lowest BCUT2D eigenvalue weighted by atomic mass is 10.1. The highest BCUT2D eigenvalue weighted by Gasteiger charge is 2.28. The molecular formula is C21H23ClFN3O3S. The molecule has 2 aliphatic rings. The maximum Gasteiger partial charge on any atom is 0.255 e. The van der Waals surface area contributed by atoms with Crippen molar-refractivity contribution >= 4 is 38.9 Å². The number of halogens is 2. The molecule has 2 saturated heterocycles. The van der Waals surface area contributed by atoms with Crippen molar-refractivity contribution in [2.24, 2.45) is 0 Å². The van der Waals surface area contributed by atoms with Gasteiger partial charge in [0.2, 0.25) is 10.0 Å². The fourth-order valence-electron chi connectivity index (χ4n) is 3.94. The van der Waals surface area contributed by atoms with Gasteiger partial charge in [0.25, 0.3) is 5.91 Å². The molecule has 9 heteroatoms. The second-order valence-corrected chi connectivity index (χ2v) is 9.91. The fourth-order valence-corrected chi connectivity index (χ4v) is 5.83. The number of sulfonamides is 1. The van der Waals surface area contributed by atoms with Crippen molar-refractivity contribution < 1.29 is 17.6 Å². The van der Waals surface area contributed by atoms with E-state index in [1.807, 2.05) is 4.90 Å². The monoisotopic (exact) mass is 451 g/mol. The lowest BCUT2D eigenvalue weighted by Crippen LogP contribution is -2.49. The van der Waals surface area contributed by atoms with Crippen LogP contribution in [0.3, 0.4) is 0 Å². The van der Waals surface area contributed by atoms with Gasteiger partial charge in [-0.3, -0.25) is 9.10 Å². The molecule has 6 nitrogen and oxygen atoms in total. The average Bonchev–Trinajstić information content (AvgIpc) is 2.73. The first-order chi connectivity index (χ1) is 14.4. The highest BCUT2D eigenvalue weighted by Crippen LogP contribution is 2.29. The number of rotatable bonds is 3. The van der Waals surface area contributed by atoms with Gasteiger partial charge in [0.05, 0.1) is 27.7 Å². The number of benzene rings is 2. The van der Waals surface area contributed by atoms with Gasteiger partial charge in [-0.25, -0.2) is 12.8 Å². The third kappa shape index (κ3) is 4.11. The highest BCUT2D eigenvalue weighted by atomic mass is 35.5. The molecule has 160 valence electrons. The van der Waals surface area contributed by atoms with Crippen LogP contribution in [-0.2, 0) is 10.0 Å². The van der Waals surface area contributed by atoms with E-state index in [9.17, 15) is 17.6 Å².